The van der Waals surface area contributed by atoms with Gasteiger partial charge in [-0.2, -0.15) is 0 Å². The number of aromatic nitrogens is 3. The molecule has 6 aromatic rings. The minimum atomic E-state index is 0.526. The smallest absolute Gasteiger partial charge is 0.164 e. The summed E-state index contributed by atoms with van der Waals surface area (Å²) >= 11 is 16.9. The van der Waals surface area contributed by atoms with E-state index in [1.54, 1.807) is 0 Å². The van der Waals surface area contributed by atoms with Crippen molar-refractivity contribution in [1.82, 2.24) is 15.0 Å². The van der Waals surface area contributed by atoms with Crippen LogP contribution in [0.1, 0.15) is 0 Å². The minimum absolute atomic E-state index is 0.526. The van der Waals surface area contributed by atoms with Crippen molar-refractivity contribution in [2.45, 2.75) is 0 Å². The number of hydrogen-bond acceptors (Lipinski definition) is 3. The first-order valence-corrected chi connectivity index (χ1v) is 14.2. The predicted molar refractivity (Wildman–Crippen MR) is 173 cm³/mol. The average Bonchev–Trinajstić information content (AvgIpc) is 2.97. The average molecular weight is 621 g/mol. The normalized spacial score (nSPS) is 11.0. The van der Waals surface area contributed by atoms with E-state index in [9.17, 15) is 0 Å². The van der Waals surface area contributed by atoms with E-state index in [-0.39, 0.29) is 0 Å². The fraction of sp³-hybridized carbons (Fsp3) is 0. The fourth-order valence-corrected chi connectivity index (χ4v) is 5.74. The molecule has 192 valence electrons. The highest BCUT2D eigenvalue weighted by Crippen LogP contribution is 2.33. The van der Waals surface area contributed by atoms with E-state index in [1.165, 1.54) is 0 Å². The summed E-state index contributed by atoms with van der Waals surface area (Å²) in [7, 11) is 2.05. The number of benzene rings is 5. The van der Waals surface area contributed by atoms with Gasteiger partial charge in [-0.1, -0.05) is 117 Å². The first-order valence-electron chi connectivity index (χ1n) is 12.7. The van der Waals surface area contributed by atoms with Crippen molar-refractivity contribution in [3.63, 3.8) is 0 Å². The van der Waals surface area contributed by atoms with Gasteiger partial charge >= 0.3 is 0 Å². The molecule has 0 saturated heterocycles. The molecule has 0 unspecified atom stereocenters. The summed E-state index contributed by atoms with van der Waals surface area (Å²) in [6.07, 6.45) is 0. The van der Waals surface area contributed by atoms with Crippen LogP contribution in [-0.2, 0) is 0 Å². The van der Waals surface area contributed by atoms with Gasteiger partial charge in [-0.25, -0.2) is 15.0 Å². The lowest BCUT2D eigenvalue weighted by Crippen LogP contribution is -2.05. The Morgan fingerprint density at radius 2 is 0.850 bits per heavy atom. The van der Waals surface area contributed by atoms with E-state index in [1.807, 2.05) is 74.6 Å². The van der Waals surface area contributed by atoms with E-state index in [0.29, 0.717) is 27.5 Å². The van der Waals surface area contributed by atoms with Crippen LogP contribution in [0.3, 0.4) is 0 Å². The topological polar surface area (TPSA) is 38.7 Å². The Hall–Kier alpha value is -3.77. The molecule has 0 aliphatic rings. The molecule has 1 heterocycles. The van der Waals surface area contributed by atoms with Crippen molar-refractivity contribution >= 4 is 52.4 Å². The van der Waals surface area contributed by atoms with Gasteiger partial charge in [0.1, 0.15) is 7.85 Å². The summed E-state index contributed by atoms with van der Waals surface area (Å²) in [6.45, 7) is 0. The quantitative estimate of drug-likeness (QED) is 0.181. The van der Waals surface area contributed by atoms with Crippen molar-refractivity contribution in [2.24, 2.45) is 0 Å². The molecule has 3 nitrogen and oxygen atoms in total. The summed E-state index contributed by atoms with van der Waals surface area (Å²) in [5.74, 6) is 1.61. The Morgan fingerprint density at radius 3 is 1.27 bits per heavy atom. The zero-order valence-electron chi connectivity index (χ0n) is 21.4. The highest BCUT2D eigenvalue weighted by atomic mass is 79.9. The molecule has 40 heavy (non-hydrogen) atoms. The van der Waals surface area contributed by atoms with Gasteiger partial charge in [0.15, 0.2) is 17.5 Å². The Balaban J connectivity index is 1.56. The first kappa shape index (κ1) is 26.5. The maximum absolute atomic E-state index is 6.62. The summed E-state index contributed by atoms with van der Waals surface area (Å²) in [6, 6.07) is 38.2. The lowest BCUT2D eigenvalue weighted by atomic mass is 9.94. The molecule has 0 bridgehead atoms. The zero-order valence-corrected chi connectivity index (χ0v) is 24.5. The van der Waals surface area contributed by atoms with Crippen LogP contribution in [0.4, 0.5) is 0 Å². The molecule has 0 aliphatic carbocycles. The predicted octanol–water partition coefficient (Wildman–Crippen LogP) is 8.53. The highest BCUT2D eigenvalue weighted by molar-refractivity contribution is 9.10. The van der Waals surface area contributed by atoms with Crippen molar-refractivity contribution in [1.29, 1.82) is 0 Å². The molecular formula is C33H21BBrCl2N3. The van der Waals surface area contributed by atoms with E-state index in [2.05, 4.69) is 64.5 Å². The van der Waals surface area contributed by atoms with Crippen LogP contribution < -0.4 is 5.46 Å². The molecule has 0 atom stereocenters. The van der Waals surface area contributed by atoms with Gasteiger partial charge in [-0.05, 0) is 64.7 Å². The Morgan fingerprint density at radius 1 is 0.450 bits per heavy atom. The van der Waals surface area contributed by atoms with Crippen molar-refractivity contribution in [2.75, 3.05) is 0 Å². The Bertz CT molecular complexity index is 1720. The number of hydrogen-bond donors (Lipinski definition) is 0. The monoisotopic (exact) mass is 619 g/mol. The summed E-state index contributed by atoms with van der Waals surface area (Å²) in [5.41, 5.74) is 7.67. The molecule has 0 amide bonds. The van der Waals surface area contributed by atoms with Gasteiger partial charge in [0.05, 0.1) is 0 Å². The van der Waals surface area contributed by atoms with Gasteiger partial charge < -0.3 is 0 Å². The van der Waals surface area contributed by atoms with Crippen molar-refractivity contribution < 1.29 is 0 Å². The lowest BCUT2D eigenvalue weighted by molar-refractivity contribution is 1.07. The lowest BCUT2D eigenvalue weighted by Gasteiger charge is -2.12. The van der Waals surface area contributed by atoms with Crippen LogP contribution in [0.5, 0.6) is 0 Å². The van der Waals surface area contributed by atoms with Crippen molar-refractivity contribution in [3.8, 4) is 56.4 Å². The number of halogens is 3. The maximum Gasteiger partial charge on any atom is 0.164 e. The number of rotatable bonds is 5. The fourth-order valence-electron chi connectivity index (χ4n) is 4.66. The summed E-state index contributed by atoms with van der Waals surface area (Å²) < 4.78 is 0.953. The highest BCUT2D eigenvalue weighted by Gasteiger charge is 2.16. The standard InChI is InChI=1S/C33H21BBrCl2N3/c34-27-13-26(14-28(35)19-27)33-39-31(24-11-22(15-29(36)17-24)20-7-3-1-4-8-20)38-32(40-33)25-12-23(16-30(37)18-25)21-9-5-2-6-10-21/h1-19H,34H2. The van der Waals surface area contributed by atoms with E-state index in [0.717, 1.165) is 48.9 Å². The largest absolute Gasteiger partial charge is 0.208 e. The molecule has 0 aliphatic heterocycles. The van der Waals surface area contributed by atoms with Crippen molar-refractivity contribution in [3.05, 3.63) is 130 Å². The molecule has 7 heteroatoms. The summed E-state index contributed by atoms with van der Waals surface area (Å²) in [4.78, 5) is 14.8. The van der Waals surface area contributed by atoms with Crippen LogP contribution >= 0.6 is 39.1 Å². The van der Waals surface area contributed by atoms with Crippen LogP contribution in [-0.4, -0.2) is 22.8 Å². The minimum Gasteiger partial charge on any atom is -0.208 e. The zero-order chi connectivity index (χ0) is 27.6. The molecule has 0 spiro atoms. The third-order valence-corrected chi connectivity index (χ3v) is 7.36. The number of nitrogens with zero attached hydrogens (tertiary/aromatic N) is 3. The van der Waals surface area contributed by atoms with Gasteiger partial charge in [-0.3, -0.25) is 0 Å². The maximum atomic E-state index is 6.62. The van der Waals surface area contributed by atoms with E-state index >= 15 is 0 Å². The van der Waals surface area contributed by atoms with Crippen LogP contribution in [0.25, 0.3) is 56.4 Å². The first-order chi connectivity index (χ1) is 19.4. The second-order valence-electron chi connectivity index (χ2n) is 9.51. The second kappa shape index (κ2) is 11.4. The third-order valence-electron chi connectivity index (χ3n) is 6.46. The second-order valence-corrected chi connectivity index (χ2v) is 11.3. The Labute approximate surface area is 252 Å². The van der Waals surface area contributed by atoms with Crippen LogP contribution in [0, 0.1) is 0 Å². The van der Waals surface area contributed by atoms with Gasteiger partial charge in [0.2, 0.25) is 0 Å². The molecular weight excluding hydrogens is 600 g/mol. The molecule has 0 saturated carbocycles. The van der Waals surface area contributed by atoms with Gasteiger partial charge in [0.25, 0.3) is 0 Å². The van der Waals surface area contributed by atoms with Gasteiger partial charge in [0, 0.05) is 31.2 Å². The molecule has 1 aromatic heterocycles. The molecule has 0 radical (unpaired) electrons. The summed E-state index contributed by atoms with van der Waals surface area (Å²) in [5, 5.41) is 1.21. The molecule has 0 fully saturated rings. The van der Waals surface area contributed by atoms with Gasteiger partial charge in [-0.15, -0.1) is 0 Å². The van der Waals surface area contributed by atoms with E-state index in [4.69, 9.17) is 38.2 Å². The SMILES string of the molecule is Bc1cc(Br)cc(-c2nc(-c3cc(Cl)cc(-c4ccccc4)c3)nc(-c3cc(Cl)cc(-c4ccccc4)c3)n2)c1. The molecule has 6 rings (SSSR count). The van der Waals surface area contributed by atoms with E-state index < -0.39 is 0 Å². The van der Waals surface area contributed by atoms with Crippen LogP contribution in [0.2, 0.25) is 10.0 Å². The van der Waals surface area contributed by atoms with Crippen LogP contribution in [0.15, 0.2) is 120 Å². The molecule has 0 N–H and O–H groups in total. The molecule has 5 aromatic carbocycles. The third kappa shape index (κ3) is 5.87. The Kier molecular flexibility index (Phi) is 7.53.